The minimum Gasteiger partial charge on any atom is -0.465 e. The van der Waals surface area contributed by atoms with Crippen LogP contribution in [0.1, 0.15) is 99.0 Å². The molecule has 2 rings (SSSR count). The van der Waals surface area contributed by atoms with Crippen molar-refractivity contribution >= 4 is 5.57 Å². The first-order chi connectivity index (χ1) is 13.7. The van der Waals surface area contributed by atoms with Crippen LogP contribution in [-0.2, 0) is 4.74 Å². The third-order valence-electron chi connectivity index (χ3n) is 5.88. The Bertz CT molecular complexity index is 623. The normalized spacial score (nSPS) is 16.7. The van der Waals surface area contributed by atoms with Gasteiger partial charge in [0.25, 0.3) is 0 Å². The molecule has 1 aliphatic carbocycles. The minimum atomic E-state index is -0.183. The van der Waals surface area contributed by atoms with Gasteiger partial charge in [-0.05, 0) is 60.8 Å². The second-order valence-electron chi connectivity index (χ2n) is 10.6. The highest BCUT2D eigenvalue weighted by molar-refractivity contribution is 5.69. The summed E-state index contributed by atoms with van der Waals surface area (Å²) >= 11 is 0. The number of allylic oxidation sites excluding steroid dienone is 2. The Hall–Kier alpha value is -1.28. The summed E-state index contributed by atoms with van der Waals surface area (Å²) in [5.41, 5.74) is 4.26. The number of hydrogen-bond donors (Lipinski definition) is 0. The van der Waals surface area contributed by atoms with E-state index in [0.29, 0.717) is 5.92 Å². The van der Waals surface area contributed by atoms with Crippen molar-refractivity contribution in [3.8, 4) is 5.75 Å². The van der Waals surface area contributed by atoms with Crippen LogP contribution in [0.2, 0.25) is 0 Å². The summed E-state index contributed by atoms with van der Waals surface area (Å²) in [6.45, 7) is 16.5. The zero-order valence-corrected chi connectivity index (χ0v) is 20.0. The lowest BCUT2D eigenvalue weighted by atomic mass is 9.87. The smallest absolute Gasteiger partial charge is 0.200 e. The van der Waals surface area contributed by atoms with Crippen molar-refractivity contribution in [2.45, 2.75) is 99.7 Å². The van der Waals surface area contributed by atoms with Crippen molar-refractivity contribution in [2.75, 3.05) is 6.61 Å². The first kappa shape index (κ1) is 24.0. The predicted molar refractivity (Wildman–Crippen MR) is 125 cm³/mol. The molecule has 0 saturated heterocycles. The molecule has 0 radical (unpaired) electrons. The van der Waals surface area contributed by atoms with Crippen molar-refractivity contribution in [3.05, 3.63) is 35.4 Å². The second-order valence-corrected chi connectivity index (χ2v) is 10.6. The van der Waals surface area contributed by atoms with Crippen LogP contribution in [0, 0.1) is 17.3 Å². The van der Waals surface area contributed by atoms with Crippen molar-refractivity contribution < 1.29 is 9.47 Å². The maximum Gasteiger partial charge on any atom is 0.200 e. The first-order valence-electron chi connectivity index (χ1n) is 11.7. The van der Waals surface area contributed by atoms with E-state index in [-0.39, 0.29) is 11.7 Å². The van der Waals surface area contributed by atoms with E-state index in [1.54, 1.807) is 0 Å². The van der Waals surface area contributed by atoms with Crippen LogP contribution < -0.4 is 4.74 Å². The predicted octanol–water partition coefficient (Wildman–Crippen LogP) is 8.26. The van der Waals surface area contributed by atoms with Gasteiger partial charge in [-0.15, -0.1) is 0 Å². The van der Waals surface area contributed by atoms with Crippen LogP contribution >= 0.6 is 0 Å². The molecule has 1 saturated carbocycles. The Kier molecular flexibility index (Phi) is 9.27. The van der Waals surface area contributed by atoms with Crippen molar-refractivity contribution in [2.24, 2.45) is 17.3 Å². The number of rotatable bonds is 9. The van der Waals surface area contributed by atoms with Crippen molar-refractivity contribution in [1.29, 1.82) is 0 Å². The largest absolute Gasteiger partial charge is 0.465 e. The van der Waals surface area contributed by atoms with Crippen LogP contribution in [0.5, 0.6) is 5.75 Å². The third-order valence-corrected chi connectivity index (χ3v) is 5.88. The lowest BCUT2D eigenvalue weighted by Gasteiger charge is -2.28. The first-order valence-corrected chi connectivity index (χ1v) is 11.7. The lowest BCUT2D eigenvalue weighted by molar-refractivity contribution is -0.103. The molecule has 29 heavy (non-hydrogen) atoms. The Labute approximate surface area is 180 Å². The molecule has 164 valence electrons. The summed E-state index contributed by atoms with van der Waals surface area (Å²) in [7, 11) is 0. The SMILES string of the molecule is CC(C)=C(c1ccc(OC(CC(C)(C)C)OCCC2CCCCC2)cc1)C(C)C. The molecular formula is C27H44O2. The maximum atomic E-state index is 6.30. The van der Waals surface area contributed by atoms with E-state index < -0.39 is 0 Å². The standard InChI is InChI=1S/C27H44O2/c1-20(2)26(21(3)4)23-13-15-24(16-14-23)29-25(19-27(5,6)7)28-18-17-22-11-9-8-10-12-22/h13-16,20,22,25H,8-12,17-19H2,1-7H3. The molecule has 1 aromatic rings. The zero-order chi connectivity index (χ0) is 21.4. The van der Waals surface area contributed by atoms with Crippen LogP contribution in [0.4, 0.5) is 0 Å². The van der Waals surface area contributed by atoms with Gasteiger partial charge in [-0.1, -0.05) is 84.4 Å². The third kappa shape index (κ3) is 8.54. The molecule has 1 aliphatic rings. The molecule has 1 atom stereocenters. The van der Waals surface area contributed by atoms with Gasteiger partial charge in [0.2, 0.25) is 0 Å². The molecule has 1 unspecified atom stereocenters. The van der Waals surface area contributed by atoms with E-state index in [0.717, 1.165) is 24.7 Å². The highest BCUT2D eigenvalue weighted by Gasteiger charge is 2.22. The minimum absolute atomic E-state index is 0.169. The second kappa shape index (κ2) is 11.2. The summed E-state index contributed by atoms with van der Waals surface area (Å²) in [5.74, 6) is 2.26. The monoisotopic (exact) mass is 400 g/mol. The molecule has 1 aromatic carbocycles. The van der Waals surface area contributed by atoms with Gasteiger partial charge < -0.3 is 9.47 Å². The van der Waals surface area contributed by atoms with E-state index in [9.17, 15) is 0 Å². The topological polar surface area (TPSA) is 18.5 Å². The molecule has 2 nitrogen and oxygen atoms in total. The summed E-state index contributed by atoms with van der Waals surface area (Å²) in [4.78, 5) is 0. The maximum absolute atomic E-state index is 6.30. The fourth-order valence-electron chi connectivity index (χ4n) is 4.54. The fraction of sp³-hybridized carbons (Fsp3) is 0.704. The number of ether oxygens (including phenoxy) is 2. The quantitative estimate of drug-likeness (QED) is 0.388. The van der Waals surface area contributed by atoms with E-state index in [1.165, 1.54) is 55.2 Å². The molecular weight excluding hydrogens is 356 g/mol. The Balaban J connectivity index is 1.99. The zero-order valence-electron chi connectivity index (χ0n) is 20.0. The Morgan fingerprint density at radius 3 is 2.14 bits per heavy atom. The van der Waals surface area contributed by atoms with Gasteiger partial charge in [0.1, 0.15) is 5.75 Å². The molecule has 0 aromatic heterocycles. The number of hydrogen-bond acceptors (Lipinski definition) is 2. The van der Waals surface area contributed by atoms with Crippen LogP contribution in [0.25, 0.3) is 5.57 Å². The van der Waals surface area contributed by atoms with Crippen LogP contribution in [-0.4, -0.2) is 12.9 Å². The van der Waals surface area contributed by atoms with Gasteiger partial charge in [-0.25, -0.2) is 0 Å². The number of benzene rings is 1. The molecule has 0 aliphatic heterocycles. The lowest BCUT2D eigenvalue weighted by Crippen LogP contribution is -2.27. The average Bonchev–Trinajstić information content (AvgIpc) is 2.62. The van der Waals surface area contributed by atoms with E-state index >= 15 is 0 Å². The summed E-state index contributed by atoms with van der Waals surface area (Å²) in [6, 6.07) is 8.57. The van der Waals surface area contributed by atoms with Gasteiger partial charge in [-0.3, -0.25) is 0 Å². The Morgan fingerprint density at radius 2 is 1.62 bits per heavy atom. The molecule has 0 bridgehead atoms. The molecule has 2 heteroatoms. The molecule has 1 fully saturated rings. The van der Waals surface area contributed by atoms with Gasteiger partial charge >= 0.3 is 0 Å². The van der Waals surface area contributed by atoms with E-state index in [4.69, 9.17) is 9.47 Å². The van der Waals surface area contributed by atoms with Crippen molar-refractivity contribution in [1.82, 2.24) is 0 Å². The average molecular weight is 401 g/mol. The van der Waals surface area contributed by atoms with Crippen LogP contribution in [0.3, 0.4) is 0 Å². The fourth-order valence-corrected chi connectivity index (χ4v) is 4.54. The molecule has 0 heterocycles. The highest BCUT2D eigenvalue weighted by Crippen LogP contribution is 2.30. The molecule has 0 amide bonds. The van der Waals surface area contributed by atoms with Gasteiger partial charge in [0, 0.05) is 6.42 Å². The van der Waals surface area contributed by atoms with Crippen LogP contribution in [0.15, 0.2) is 29.8 Å². The summed E-state index contributed by atoms with van der Waals surface area (Å²) < 4.78 is 12.5. The van der Waals surface area contributed by atoms with E-state index in [2.05, 4.69) is 72.7 Å². The summed E-state index contributed by atoms with van der Waals surface area (Å²) in [6.07, 6.45) is 8.82. The highest BCUT2D eigenvalue weighted by atomic mass is 16.7. The van der Waals surface area contributed by atoms with E-state index in [1.807, 2.05) is 0 Å². The van der Waals surface area contributed by atoms with Gasteiger partial charge in [0.15, 0.2) is 6.29 Å². The van der Waals surface area contributed by atoms with Gasteiger partial charge in [0.05, 0.1) is 6.61 Å². The molecule has 0 spiro atoms. The Morgan fingerprint density at radius 1 is 1.00 bits per heavy atom. The van der Waals surface area contributed by atoms with Gasteiger partial charge in [-0.2, -0.15) is 0 Å². The summed E-state index contributed by atoms with van der Waals surface area (Å²) in [5, 5.41) is 0. The molecule has 0 N–H and O–H groups in total. The van der Waals surface area contributed by atoms with Crippen molar-refractivity contribution in [3.63, 3.8) is 0 Å².